The van der Waals surface area contributed by atoms with Crippen LogP contribution in [0.15, 0.2) is 54.6 Å². The number of anilines is 1. The highest BCUT2D eigenvalue weighted by Gasteiger charge is 2.34. The minimum atomic E-state index is -0.507. The van der Waals surface area contributed by atoms with E-state index in [2.05, 4.69) is 20.8 Å². The predicted molar refractivity (Wildman–Crippen MR) is 117 cm³/mol. The third-order valence-corrected chi connectivity index (χ3v) is 5.94. The van der Waals surface area contributed by atoms with Crippen molar-refractivity contribution in [2.24, 2.45) is 0 Å². The molecule has 0 bridgehead atoms. The van der Waals surface area contributed by atoms with Crippen LogP contribution in [0.25, 0.3) is 10.6 Å². The molecule has 1 aliphatic rings. The summed E-state index contributed by atoms with van der Waals surface area (Å²) in [6, 6.07) is 17.0. The summed E-state index contributed by atoms with van der Waals surface area (Å²) < 4.78 is 0. The molecule has 8 heteroatoms. The van der Waals surface area contributed by atoms with E-state index in [9.17, 15) is 9.59 Å². The number of aromatic nitrogens is 2. The molecule has 4 rings (SSSR count). The van der Waals surface area contributed by atoms with Gasteiger partial charge in [0.25, 0.3) is 0 Å². The van der Waals surface area contributed by atoms with Crippen LogP contribution < -0.4 is 10.6 Å². The molecule has 1 aliphatic heterocycles. The summed E-state index contributed by atoms with van der Waals surface area (Å²) in [5.41, 5.74) is 3.15. The van der Waals surface area contributed by atoms with Gasteiger partial charge in [-0.05, 0) is 25.3 Å². The summed E-state index contributed by atoms with van der Waals surface area (Å²) in [5, 5.41) is 15.2. The third-order valence-electron chi connectivity index (χ3n) is 5.06. The molecule has 154 valence electrons. The van der Waals surface area contributed by atoms with Crippen molar-refractivity contribution in [1.29, 1.82) is 0 Å². The number of carbonyl (C=O) groups is 2. The number of nitrogens with one attached hydrogen (secondary N) is 2. The lowest BCUT2D eigenvalue weighted by Crippen LogP contribution is -2.47. The molecule has 1 saturated heterocycles. The van der Waals surface area contributed by atoms with Gasteiger partial charge in [0.05, 0.1) is 0 Å². The first-order valence-electron chi connectivity index (χ1n) is 9.90. The number of urea groups is 1. The van der Waals surface area contributed by atoms with Crippen LogP contribution in [0.5, 0.6) is 0 Å². The normalized spacial score (nSPS) is 15.8. The van der Waals surface area contributed by atoms with E-state index >= 15 is 0 Å². The van der Waals surface area contributed by atoms with Gasteiger partial charge in [0.1, 0.15) is 11.0 Å². The summed E-state index contributed by atoms with van der Waals surface area (Å²) in [6.45, 7) is 3.02. The van der Waals surface area contributed by atoms with Gasteiger partial charge in [-0.1, -0.05) is 71.5 Å². The number of amides is 3. The van der Waals surface area contributed by atoms with E-state index in [4.69, 9.17) is 0 Å². The lowest BCUT2D eigenvalue weighted by molar-refractivity contribution is -0.119. The highest BCUT2D eigenvalue weighted by Crippen LogP contribution is 2.27. The van der Waals surface area contributed by atoms with Crippen molar-refractivity contribution in [3.63, 3.8) is 0 Å². The summed E-state index contributed by atoms with van der Waals surface area (Å²) in [4.78, 5) is 27.0. The Hall–Kier alpha value is -3.26. The second kappa shape index (κ2) is 9.04. The SMILES string of the molecule is Cc1ccc(-c2nnc(NC(=O)C3CCCN3C(=O)NCc3ccccc3)s2)cc1. The summed E-state index contributed by atoms with van der Waals surface area (Å²) in [7, 11) is 0. The molecule has 0 saturated carbocycles. The fourth-order valence-corrected chi connectivity index (χ4v) is 4.18. The summed E-state index contributed by atoms with van der Waals surface area (Å²) >= 11 is 1.32. The molecule has 2 aromatic carbocycles. The molecular formula is C22H23N5O2S. The first kappa shape index (κ1) is 20.0. The second-order valence-electron chi connectivity index (χ2n) is 7.26. The van der Waals surface area contributed by atoms with E-state index < -0.39 is 6.04 Å². The first-order valence-corrected chi connectivity index (χ1v) is 10.7. The maximum absolute atomic E-state index is 12.8. The smallest absolute Gasteiger partial charge is 0.318 e. The number of nitrogens with zero attached hydrogens (tertiary/aromatic N) is 3. The maximum Gasteiger partial charge on any atom is 0.318 e. The van der Waals surface area contributed by atoms with Gasteiger partial charge in [-0.15, -0.1) is 10.2 Å². The second-order valence-corrected chi connectivity index (χ2v) is 8.24. The van der Waals surface area contributed by atoms with Crippen LogP contribution in [0.3, 0.4) is 0 Å². The Bertz CT molecular complexity index is 1020. The third kappa shape index (κ3) is 4.65. The number of hydrogen-bond acceptors (Lipinski definition) is 5. The van der Waals surface area contributed by atoms with E-state index in [0.29, 0.717) is 24.6 Å². The van der Waals surface area contributed by atoms with Gasteiger partial charge in [-0.2, -0.15) is 0 Å². The molecule has 3 aromatic rings. The van der Waals surface area contributed by atoms with Crippen LogP contribution in [-0.4, -0.2) is 39.6 Å². The van der Waals surface area contributed by atoms with Crippen LogP contribution in [0.2, 0.25) is 0 Å². The molecule has 0 spiro atoms. The van der Waals surface area contributed by atoms with Crippen LogP contribution >= 0.6 is 11.3 Å². The average Bonchev–Trinajstić information content (AvgIpc) is 3.43. The molecule has 3 amide bonds. The predicted octanol–water partition coefficient (Wildman–Crippen LogP) is 3.83. The Balaban J connectivity index is 1.36. The molecule has 0 radical (unpaired) electrons. The number of carbonyl (C=O) groups excluding carboxylic acids is 2. The zero-order valence-electron chi connectivity index (χ0n) is 16.7. The zero-order chi connectivity index (χ0) is 20.9. The number of benzene rings is 2. The van der Waals surface area contributed by atoms with Crippen LogP contribution in [0.1, 0.15) is 24.0 Å². The van der Waals surface area contributed by atoms with Crippen molar-refractivity contribution in [1.82, 2.24) is 20.4 Å². The molecule has 1 unspecified atom stereocenters. The van der Waals surface area contributed by atoms with Crippen LogP contribution in [0.4, 0.5) is 9.93 Å². The largest absolute Gasteiger partial charge is 0.334 e. The summed E-state index contributed by atoms with van der Waals surface area (Å²) in [5.74, 6) is -0.228. The van der Waals surface area contributed by atoms with E-state index in [1.54, 1.807) is 4.90 Å². The number of aryl methyl sites for hydroxylation is 1. The Labute approximate surface area is 179 Å². The van der Waals surface area contributed by atoms with Crippen LogP contribution in [-0.2, 0) is 11.3 Å². The molecule has 1 aromatic heterocycles. The molecule has 30 heavy (non-hydrogen) atoms. The van der Waals surface area contributed by atoms with Crippen molar-refractivity contribution >= 4 is 28.4 Å². The lowest BCUT2D eigenvalue weighted by Gasteiger charge is -2.23. The fourth-order valence-electron chi connectivity index (χ4n) is 3.43. The average molecular weight is 422 g/mol. The van der Waals surface area contributed by atoms with Crippen molar-refractivity contribution in [3.8, 4) is 10.6 Å². The molecular weight excluding hydrogens is 398 g/mol. The molecule has 1 fully saturated rings. The van der Waals surface area contributed by atoms with E-state index in [1.807, 2.05) is 61.5 Å². The number of likely N-dealkylation sites (tertiary alicyclic amines) is 1. The van der Waals surface area contributed by atoms with Gasteiger partial charge in [-0.3, -0.25) is 10.1 Å². The van der Waals surface area contributed by atoms with Gasteiger partial charge in [0.15, 0.2) is 0 Å². The fraction of sp³-hybridized carbons (Fsp3) is 0.273. The standard InChI is InChI=1S/C22H23N5O2S/c1-15-9-11-17(12-10-15)20-25-26-21(30-20)24-19(28)18-8-5-13-27(18)22(29)23-14-16-6-3-2-4-7-16/h2-4,6-7,9-12,18H,5,8,13-14H2,1H3,(H,23,29)(H,24,26,28). The van der Waals surface area contributed by atoms with Crippen molar-refractivity contribution in [2.45, 2.75) is 32.4 Å². The van der Waals surface area contributed by atoms with Gasteiger partial charge < -0.3 is 10.2 Å². The number of hydrogen-bond donors (Lipinski definition) is 2. The maximum atomic E-state index is 12.8. The Kier molecular flexibility index (Phi) is 6.04. The monoisotopic (exact) mass is 421 g/mol. The van der Waals surface area contributed by atoms with E-state index in [-0.39, 0.29) is 11.9 Å². The van der Waals surface area contributed by atoms with Crippen molar-refractivity contribution in [3.05, 3.63) is 65.7 Å². The van der Waals surface area contributed by atoms with Crippen LogP contribution in [0, 0.1) is 6.92 Å². The van der Waals surface area contributed by atoms with Gasteiger partial charge in [-0.25, -0.2) is 4.79 Å². The highest BCUT2D eigenvalue weighted by molar-refractivity contribution is 7.18. The number of rotatable bonds is 5. The minimum Gasteiger partial charge on any atom is -0.334 e. The first-order chi connectivity index (χ1) is 14.6. The molecule has 0 aliphatic carbocycles. The minimum absolute atomic E-state index is 0.228. The van der Waals surface area contributed by atoms with Gasteiger partial charge in [0.2, 0.25) is 11.0 Å². The van der Waals surface area contributed by atoms with Crippen molar-refractivity contribution in [2.75, 3.05) is 11.9 Å². The quantitative estimate of drug-likeness (QED) is 0.656. The molecule has 7 nitrogen and oxygen atoms in total. The zero-order valence-corrected chi connectivity index (χ0v) is 17.5. The summed E-state index contributed by atoms with van der Waals surface area (Å²) in [6.07, 6.45) is 1.43. The highest BCUT2D eigenvalue weighted by atomic mass is 32.1. The van der Waals surface area contributed by atoms with Gasteiger partial charge in [0, 0.05) is 18.7 Å². The lowest BCUT2D eigenvalue weighted by atomic mass is 10.2. The van der Waals surface area contributed by atoms with E-state index in [1.165, 1.54) is 16.9 Å². The Morgan fingerprint density at radius 2 is 1.87 bits per heavy atom. The molecule has 2 N–H and O–H groups in total. The topological polar surface area (TPSA) is 87.2 Å². The van der Waals surface area contributed by atoms with E-state index in [0.717, 1.165) is 22.6 Å². The molecule has 2 heterocycles. The van der Waals surface area contributed by atoms with Gasteiger partial charge >= 0.3 is 6.03 Å². The Morgan fingerprint density at radius 3 is 2.63 bits per heavy atom. The molecule has 1 atom stereocenters. The Morgan fingerprint density at radius 1 is 1.10 bits per heavy atom. The van der Waals surface area contributed by atoms with Crippen molar-refractivity contribution < 1.29 is 9.59 Å².